The average molecular weight is 470 g/mol. The molecule has 8 heteroatoms. The fourth-order valence-electron chi connectivity index (χ4n) is 4.32. The normalized spacial score (nSPS) is 18.4. The number of carbonyl (C=O) groups is 1. The van der Waals surface area contributed by atoms with Crippen molar-refractivity contribution in [2.75, 3.05) is 46.6 Å². The van der Waals surface area contributed by atoms with Crippen molar-refractivity contribution in [3.63, 3.8) is 0 Å². The maximum Gasteiger partial charge on any atom is 0.253 e. The first kappa shape index (κ1) is 24.3. The summed E-state index contributed by atoms with van der Waals surface area (Å²) in [5, 5.41) is 0. The van der Waals surface area contributed by atoms with Gasteiger partial charge in [0.05, 0.1) is 33.1 Å². The third kappa shape index (κ3) is 6.39. The van der Waals surface area contributed by atoms with Gasteiger partial charge in [-0.15, -0.1) is 0 Å². The van der Waals surface area contributed by atoms with Crippen LogP contribution in [-0.4, -0.2) is 73.4 Å². The number of aromatic nitrogens is 1. The van der Waals surface area contributed by atoms with Crippen LogP contribution < -0.4 is 14.2 Å². The molecule has 1 fully saturated rings. The summed E-state index contributed by atoms with van der Waals surface area (Å²) < 4.78 is 22.8. The number of pyridine rings is 1. The van der Waals surface area contributed by atoms with E-state index < -0.39 is 6.10 Å². The summed E-state index contributed by atoms with van der Waals surface area (Å²) in [6.07, 6.45) is 3.90. The second kappa shape index (κ2) is 11.5. The molecule has 0 spiro atoms. The molecule has 2 aliphatic rings. The molecule has 184 valence electrons. The Morgan fingerprint density at radius 3 is 2.76 bits per heavy atom. The van der Waals surface area contributed by atoms with Crippen LogP contribution in [0.1, 0.15) is 31.4 Å². The van der Waals surface area contributed by atoms with E-state index in [9.17, 15) is 4.79 Å². The number of benzene rings is 1. The van der Waals surface area contributed by atoms with Crippen LogP contribution in [0.25, 0.3) is 0 Å². The Balaban J connectivity index is 1.43. The fraction of sp³-hybridized carbons (Fsp3) is 0.538. The number of nitrogens with zero attached hydrogens (tertiary/aromatic N) is 3. The molecule has 1 atom stereocenters. The summed E-state index contributed by atoms with van der Waals surface area (Å²) in [5.41, 5.74) is 2.08. The first-order valence-corrected chi connectivity index (χ1v) is 12.0. The molecule has 1 amide bonds. The Kier molecular flexibility index (Phi) is 8.24. The van der Waals surface area contributed by atoms with E-state index in [1.165, 1.54) is 0 Å². The van der Waals surface area contributed by atoms with Crippen LogP contribution in [0.2, 0.25) is 0 Å². The SMILES string of the molecule is COc1cncc(CN2CCOC(C(=O)N(Cc3ccc4c(c3)OCCCO4)CC(C)C)C2)c1. The van der Waals surface area contributed by atoms with Crippen molar-refractivity contribution in [2.24, 2.45) is 5.92 Å². The van der Waals surface area contributed by atoms with Gasteiger partial charge in [-0.05, 0) is 35.2 Å². The monoisotopic (exact) mass is 469 g/mol. The molecule has 1 aromatic heterocycles. The molecule has 1 aromatic carbocycles. The largest absolute Gasteiger partial charge is 0.495 e. The lowest BCUT2D eigenvalue weighted by molar-refractivity contribution is -0.151. The quantitative estimate of drug-likeness (QED) is 0.588. The lowest BCUT2D eigenvalue weighted by Gasteiger charge is -2.35. The maximum absolute atomic E-state index is 13.6. The van der Waals surface area contributed by atoms with E-state index in [0.29, 0.717) is 51.9 Å². The van der Waals surface area contributed by atoms with Crippen molar-refractivity contribution in [3.05, 3.63) is 47.8 Å². The third-order valence-electron chi connectivity index (χ3n) is 5.92. The molecule has 3 heterocycles. The molecule has 0 saturated carbocycles. The molecule has 34 heavy (non-hydrogen) atoms. The van der Waals surface area contributed by atoms with Crippen molar-refractivity contribution >= 4 is 5.91 Å². The number of hydrogen-bond donors (Lipinski definition) is 0. The summed E-state index contributed by atoms with van der Waals surface area (Å²) in [5.74, 6) is 2.61. The lowest BCUT2D eigenvalue weighted by atomic mass is 10.1. The Morgan fingerprint density at radius 1 is 1.15 bits per heavy atom. The number of ether oxygens (including phenoxy) is 4. The highest BCUT2D eigenvalue weighted by molar-refractivity contribution is 5.81. The van der Waals surface area contributed by atoms with Crippen LogP contribution in [0.15, 0.2) is 36.7 Å². The van der Waals surface area contributed by atoms with Crippen LogP contribution in [0.4, 0.5) is 0 Å². The highest BCUT2D eigenvalue weighted by atomic mass is 16.5. The zero-order valence-corrected chi connectivity index (χ0v) is 20.4. The number of fused-ring (bicyclic) bond motifs is 1. The van der Waals surface area contributed by atoms with Crippen LogP contribution >= 0.6 is 0 Å². The topological polar surface area (TPSA) is 73.4 Å². The summed E-state index contributed by atoms with van der Waals surface area (Å²) >= 11 is 0. The van der Waals surface area contributed by atoms with Gasteiger partial charge < -0.3 is 23.8 Å². The molecule has 2 aliphatic heterocycles. The number of methoxy groups -OCH3 is 1. The van der Waals surface area contributed by atoms with E-state index in [1.54, 1.807) is 13.3 Å². The van der Waals surface area contributed by atoms with Crippen LogP contribution in [-0.2, 0) is 22.6 Å². The molecule has 8 nitrogen and oxygen atoms in total. The molecule has 0 bridgehead atoms. The van der Waals surface area contributed by atoms with Crippen molar-refractivity contribution in [1.82, 2.24) is 14.8 Å². The van der Waals surface area contributed by atoms with Gasteiger partial charge in [-0.3, -0.25) is 14.7 Å². The number of amides is 1. The van der Waals surface area contributed by atoms with Crippen LogP contribution in [0.5, 0.6) is 17.2 Å². The van der Waals surface area contributed by atoms with Crippen molar-refractivity contribution in [1.29, 1.82) is 0 Å². The summed E-state index contributed by atoms with van der Waals surface area (Å²) in [4.78, 5) is 22.0. The first-order chi connectivity index (χ1) is 16.5. The predicted octanol–water partition coefficient (Wildman–Crippen LogP) is 3.14. The van der Waals surface area contributed by atoms with E-state index in [1.807, 2.05) is 35.4 Å². The molecular formula is C26H35N3O5. The molecule has 2 aromatic rings. The van der Waals surface area contributed by atoms with Crippen molar-refractivity contribution in [2.45, 2.75) is 39.5 Å². The number of carbonyl (C=O) groups excluding carboxylic acids is 1. The zero-order valence-electron chi connectivity index (χ0n) is 20.4. The summed E-state index contributed by atoms with van der Waals surface area (Å²) in [6, 6.07) is 7.92. The van der Waals surface area contributed by atoms with Crippen LogP contribution in [0.3, 0.4) is 0 Å². The maximum atomic E-state index is 13.6. The Hall–Kier alpha value is -2.84. The Morgan fingerprint density at radius 2 is 1.97 bits per heavy atom. The molecule has 0 N–H and O–H groups in total. The third-order valence-corrected chi connectivity index (χ3v) is 5.92. The highest BCUT2D eigenvalue weighted by Crippen LogP contribution is 2.31. The molecule has 4 rings (SSSR count). The number of morpholine rings is 1. The van der Waals surface area contributed by atoms with Gasteiger partial charge >= 0.3 is 0 Å². The van der Waals surface area contributed by atoms with E-state index in [0.717, 1.165) is 41.3 Å². The van der Waals surface area contributed by atoms with Gasteiger partial charge in [0.15, 0.2) is 11.5 Å². The van der Waals surface area contributed by atoms with Crippen LogP contribution in [0, 0.1) is 5.92 Å². The van der Waals surface area contributed by atoms with Gasteiger partial charge in [-0.2, -0.15) is 0 Å². The van der Waals surface area contributed by atoms with Crippen molar-refractivity contribution in [3.8, 4) is 17.2 Å². The van der Waals surface area contributed by atoms with E-state index >= 15 is 0 Å². The van der Waals surface area contributed by atoms with Gasteiger partial charge in [0.2, 0.25) is 0 Å². The average Bonchev–Trinajstić information content (AvgIpc) is 3.08. The molecular weight excluding hydrogens is 434 g/mol. The second-order valence-electron chi connectivity index (χ2n) is 9.27. The lowest BCUT2D eigenvalue weighted by Crippen LogP contribution is -2.51. The predicted molar refractivity (Wildman–Crippen MR) is 128 cm³/mol. The smallest absolute Gasteiger partial charge is 0.253 e. The van der Waals surface area contributed by atoms with Gasteiger partial charge in [-0.1, -0.05) is 19.9 Å². The van der Waals surface area contributed by atoms with E-state index in [4.69, 9.17) is 18.9 Å². The highest BCUT2D eigenvalue weighted by Gasteiger charge is 2.31. The summed E-state index contributed by atoms with van der Waals surface area (Å²) in [6.45, 7) is 9.25. The summed E-state index contributed by atoms with van der Waals surface area (Å²) in [7, 11) is 1.64. The first-order valence-electron chi connectivity index (χ1n) is 12.0. The number of hydrogen-bond acceptors (Lipinski definition) is 7. The van der Waals surface area contributed by atoms with Gasteiger partial charge in [0, 0.05) is 45.3 Å². The molecule has 1 unspecified atom stereocenters. The van der Waals surface area contributed by atoms with E-state index in [2.05, 4.69) is 23.7 Å². The standard InChI is InChI=1S/C26H35N3O5/c1-19(2)15-29(17-20-5-6-23-24(12-20)33-9-4-8-32-23)26(30)25-18-28(7-10-34-25)16-21-11-22(31-3)14-27-13-21/h5-6,11-14,19,25H,4,7-10,15-18H2,1-3H3. The second-order valence-corrected chi connectivity index (χ2v) is 9.27. The zero-order chi connectivity index (χ0) is 23.9. The Labute approximate surface area is 201 Å². The minimum atomic E-state index is -0.494. The van der Waals surface area contributed by atoms with Gasteiger partial charge in [-0.25, -0.2) is 0 Å². The molecule has 0 radical (unpaired) electrons. The number of rotatable bonds is 8. The van der Waals surface area contributed by atoms with Gasteiger partial charge in [0.25, 0.3) is 5.91 Å². The fourth-order valence-corrected chi connectivity index (χ4v) is 4.32. The Bertz CT molecular complexity index is 967. The van der Waals surface area contributed by atoms with E-state index in [-0.39, 0.29) is 5.91 Å². The minimum absolute atomic E-state index is 0.0225. The minimum Gasteiger partial charge on any atom is -0.495 e. The molecule has 0 aliphatic carbocycles. The van der Waals surface area contributed by atoms with Gasteiger partial charge in [0.1, 0.15) is 11.9 Å². The van der Waals surface area contributed by atoms with Crippen molar-refractivity contribution < 1.29 is 23.7 Å². The molecule has 1 saturated heterocycles.